The Kier molecular flexibility index (Phi) is 6.17. The number of aromatic nitrogens is 3. The van der Waals surface area contributed by atoms with Gasteiger partial charge in [0.15, 0.2) is 5.65 Å². The molecule has 30 heavy (non-hydrogen) atoms. The van der Waals surface area contributed by atoms with Gasteiger partial charge >= 0.3 is 0 Å². The minimum Gasteiger partial charge on any atom is -0.491 e. The van der Waals surface area contributed by atoms with E-state index < -0.39 is 6.10 Å². The van der Waals surface area contributed by atoms with Crippen LogP contribution in [-0.2, 0) is 4.74 Å². The number of nitrogens with zero attached hydrogens (tertiary/aromatic N) is 4. The van der Waals surface area contributed by atoms with Crippen molar-refractivity contribution in [2.75, 3.05) is 44.4 Å². The van der Waals surface area contributed by atoms with Gasteiger partial charge in [-0.1, -0.05) is 26.0 Å². The zero-order chi connectivity index (χ0) is 21.1. The highest BCUT2D eigenvalue weighted by molar-refractivity contribution is 5.69. The number of aliphatic hydroxyl groups excluding tert-OH is 1. The molecule has 3 N–H and O–H groups in total. The van der Waals surface area contributed by atoms with Gasteiger partial charge in [0.1, 0.15) is 24.3 Å². The highest BCUT2D eigenvalue weighted by Gasteiger charge is 2.20. The summed E-state index contributed by atoms with van der Waals surface area (Å²) >= 11 is 0. The summed E-state index contributed by atoms with van der Waals surface area (Å²) in [4.78, 5) is 7.24. The molecule has 0 radical (unpaired) electrons. The van der Waals surface area contributed by atoms with Crippen molar-refractivity contribution in [3.05, 3.63) is 42.1 Å². The summed E-state index contributed by atoms with van der Waals surface area (Å²) < 4.78 is 13.2. The third-order valence-electron chi connectivity index (χ3n) is 5.28. The maximum Gasteiger partial charge on any atom is 0.161 e. The van der Waals surface area contributed by atoms with E-state index in [0.717, 1.165) is 41.4 Å². The number of anilines is 1. The molecule has 1 atom stereocenters. The highest BCUT2D eigenvalue weighted by atomic mass is 16.5. The average Bonchev–Trinajstić information content (AvgIpc) is 3.22. The van der Waals surface area contributed by atoms with Crippen LogP contribution in [-0.4, -0.2) is 65.3 Å². The van der Waals surface area contributed by atoms with Crippen molar-refractivity contribution >= 4 is 11.5 Å². The molecule has 1 saturated heterocycles. The molecule has 2 aromatic heterocycles. The van der Waals surface area contributed by atoms with Gasteiger partial charge in [-0.15, -0.1) is 0 Å². The number of ether oxygens (including phenoxy) is 2. The van der Waals surface area contributed by atoms with Crippen LogP contribution in [0.4, 0.5) is 5.82 Å². The number of rotatable bonds is 7. The smallest absolute Gasteiger partial charge is 0.161 e. The van der Waals surface area contributed by atoms with Gasteiger partial charge in [-0.05, 0) is 18.1 Å². The molecule has 1 unspecified atom stereocenters. The van der Waals surface area contributed by atoms with Crippen LogP contribution in [0.25, 0.3) is 16.9 Å². The number of aliphatic hydroxyl groups is 1. The molecule has 8 nitrogen and oxygen atoms in total. The van der Waals surface area contributed by atoms with E-state index in [-0.39, 0.29) is 13.2 Å². The molecule has 0 spiro atoms. The van der Waals surface area contributed by atoms with E-state index >= 15 is 0 Å². The summed E-state index contributed by atoms with van der Waals surface area (Å²) in [5.74, 6) is 2.00. The Hall–Kier alpha value is -2.68. The first-order chi connectivity index (χ1) is 14.6. The van der Waals surface area contributed by atoms with Crippen LogP contribution in [0.3, 0.4) is 0 Å². The Morgan fingerprint density at radius 3 is 2.77 bits per heavy atom. The molecular formula is C22H29N5O3. The van der Waals surface area contributed by atoms with Gasteiger partial charge in [0, 0.05) is 36.8 Å². The first kappa shape index (κ1) is 20.6. The molecular weight excluding hydrogens is 382 g/mol. The Bertz CT molecular complexity index is 998. The van der Waals surface area contributed by atoms with Crippen LogP contribution in [0.2, 0.25) is 0 Å². The first-order valence-corrected chi connectivity index (χ1v) is 10.4. The quantitative estimate of drug-likeness (QED) is 0.614. The van der Waals surface area contributed by atoms with Crippen molar-refractivity contribution in [2.24, 2.45) is 5.73 Å². The predicted molar refractivity (Wildman–Crippen MR) is 116 cm³/mol. The first-order valence-electron chi connectivity index (χ1n) is 10.4. The van der Waals surface area contributed by atoms with Gasteiger partial charge in [-0.2, -0.15) is 9.61 Å². The van der Waals surface area contributed by atoms with E-state index in [9.17, 15) is 5.11 Å². The fourth-order valence-electron chi connectivity index (χ4n) is 3.54. The van der Waals surface area contributed by atoms with Crippen molar-refractivity contribution in [3.8, 4) is 17.0 Å². The third-order valence-corrected chi connectivity index (χ3v) is 5.28. The summed E-state index contributed by atoms with van der Waals surface area (Å²) in [6.45, 7) is 7.65. The molecule has 1 fully saturated rings. The lowest BCUT2D eigenvalue weighted by atomic mass is 10.1. The van der Waals surface area contributed by atoms with Crippen molar-refractivity contribution in [1.29, 1.82) is 0 Å². The molecule has 0 saturated carbocycles. The molecule has 1 aromatic carbocycles. The van der Waals surface area contributed by atoms with Gasteiger partial charge in [-0.3, -0.25) is 0 Å². The summed E-state index contributed by atoms with van der Waals surface area (Å²) in [5.41, 5.74) is 9.25. The lowest BCUT2D eigenvalue weighted by molar-refractivity contribution is 0.114. The number of hydrogen-bond acceptors (Lipinski definition) is 7. The predicted octanol–water partition coefficient (Wildman–Crippen LogP) is 2.05. The number of fused-ring (bicyclic) bond motifs is 1. The molecule has 1 aliphatic rings. The van der Waals surface area contributed by atoms with Crippen LogP contribution in [0.15, 0.2) is 36.5 Å². The Labute approximate surface area is 176 Å². The molecule has 3 heterocycles. The van der Waals surface area contributed by atoms with Crippen LogP contribution < -0.4 is 15.4 Å². The number of benzene rings is 1. The number of nitrogens with two attached hydrogens (primary N) is 1. The van der Waals surface area contributed by atoms with E-state index in [2.05, 4.69) is 29.9 Å². The number of morpholine rings is 1. The monoisotopic (exact) mass is 411 g/mol. The van der Waals surface area contributed by atoms with Crippen molar-refractivity contribution < 1.29 is 14.6 Å². The van der Waals surface area contributed by atoms with Crippen LogP contribution in [0, 0.1) is 0 Å². The molecule has 4 rings (SSSR count). The van der Waals surface area contributed by atoms with E-state index in [4.69, 9.17) is 20.2 Å². The Morgan fingerprint density at radius 2 is 2.03 bits per heavy atom. The fraction of sp³-hybridized carbons (Fsp3) is 0.455. The largest absolute Gasteiger partial charge is 0.491 e. The Morgan fingerprint density at radius 1 is 1.23 bits per heavy atom. The Balaban J connectivity index is 1.76. The van der Waals surface area contributed by atoms with Crippen LogP contribution in [0.1, 0.15) is 25.3 Å². The maximum atomic E-state index is 9.68. The van der Waals surface area contributed by atoms with Gasteiger partial charge in [-0.25, -0.2) is 4.98 Å². The second-order valence-electron chi connectivity index (χ2n) is 7.82. The summed E-state index contributed by atoms with van der Waals surface area (Å²) in [6, 6.07) is 9.82. The fourth-order valence-corrected chi connectivity index (χ4v) is 3.54. The zero-order valence-corrected chi connectivity index (χ0v) is 17.5. The van der Waals surface area contributed by atoms with Gasteiger partial charge in [0.25, 0.3) is 0 Å². The second-order valence-corrected chi connectivity index (χ2v) is 7.82. The van der Waals surface area contributed by atoms with Gasteiger partial charge in [0.2, 0.25) is 0 Å². The standard InChI is InChI=1S/C22H29N5O3/c1-15(2)19-13-24-27-21(26-6-8-29-9-7-26)11-20(25-22(19)27)16-4-3-5-18(10-16)30-14-17(28)12-23/h3-5,10-11,13,15,17,28H,6-9,12,14,23H2,1-2H3. The van der Waals surface area contributed by atoms with E-state index in [1.807, 2.05) is 35.0 Å². The second kappa shape index (κ2) is 8.99. The molecule has 0 bridgehead atoms. The van der Waals surface area contributed by atoms with Gasteiger partial charge in [0.05, 0.1) is 25.1 Å². The molecule has 0 aliphatic carbocycles. The minimum atomic E-state index is -0.684. The summed E-state index contributed by atoms with van der Waals surface area (Å²) in [5, 5.41) is 14.3. The maximum absolute atomic E-state index is 9.68. The lowest BCUT2D eigenvalue weighted by Gasteiger charge is -2.29. The molecule has 3 aromatic rings. The SMILES string of the molecule is CC(C)c1cnn2c(N3CCOCC3)cc(-c3cccc(OCC(O)CN)c3)nc12. The van der Waals surface area contributed by atoms with Crippen molar-refractivity contribution in [2.45, 2.75) is 25.9 Å². The topological polar surface area (TPSA) is 98.1 Å². The highest BCUT2D eigenvalue weighted by Crippen LogP contribution is 2.30. The van der Waals surface area contributed by atoms with E-state index in [1.54, 1.807) is 0 Å². The average molecular weight is 412 g/mol. The lowest BCUT2D eigenvalue weighted by Crippen LogP contribution is -2.37. The molecule has 0 amide bonds. The van der Waals surface area contributed by atoms with Crippen LogP contribution >= 0.6 is 0 Å². The normalized spacial score (nSPS) is 15.7. The van der Waals surface area contributed by atoms with E-state index in [1.165, 1.54) is 0 Å². The number of hydrogen-bond donors (Lipinski definition) is 2. The molecule has 1 aliphatic heterocycles. The minimum absolute atomic E-state index is 0.158. The zero-order valence-electron chi connectivity index (χ0n) is 17.5. The molecule has 8 heteroatoms. The van der Waals surface area contributed by atoms with Crippen molar-refractivity contribution in [1.82, 2.24) is 14.6 Å². The summed E-state index contributed by atoms with van der Waals surface area (Å²) in [7, 11) is 0. The third kappa shape index (κ3) is 4.26. The van der Waals surface area contributed by atoms with Crippen molar-refractivity contribution in [3.63, 3.8) is 0 Å². The van der Waals surface area contributed by atoms with Crippen LogP contribution in [0.5, 0.6) is 5.75 Å². The summed E-state index contributed by atoms with van der Waals surface area (Å²) in [6.07, 6.45) is 1.23. The molecule has 160 valence electrons. The van der Waals surface area contributed by atoms with E-state index in [0.29, 0.717) is 24.9 Å². The van der Waals surface area contributed by atoms with Gasteiger partial charge < -0.3 is 25.2 Å².